The highest BCUT2D eigenvalue weighted by Crippen LogP contribution is 2.21. The topological polar surface area (TPSA) is 81.2 Å². The number of nitrogens with zero attached hydrogens (tertiary/aromatic N) is 2. The van der Waals surface area contributed by atoms with Crippen molar-refractivity contribution in [2.24, 2.45) is 0 Å². The lowest BCUT2D eigenvalue weighted by molar-refractivity contribution is -0.119. The van der Waals surface area contributed by atoms with E-state index < -0.39 is 5.97 Å². The van der Waals surface area contributed by atoms with Gasteiger partial charge in [0.15, 0.2) is 6.61 Å². The van der Waals surface area contributed by atoms with Crippen molar-refractivity contribution in [3.05, 3.63) is 65.5 Å². The molecule has 0 aliphatic carbocycles. The number of aryl methyl sites for hydroxylation is 2. The van der Waals surface area contributed by atoms with E-state index in [2.05, 4.69) is 15.3 Å². The van der Waals surface area contributed by atoms with Crippen LogP contribution in [0.5, 0.6) is 0 Å². The van der Waals surface area contributed by atoms with Crippen molar-refractivity contribution in [3.8, 4) is 0 Å². The Bertz CT molecular complexity index is 969. The highest BCUT2D eigenvalue weighted by atomic mass is 16.5. The summed E-state index contributed by atoms with van der Waals surface area (Å²) in [4.78, 5) is 32.7. The second-order valence-corrected chi connectivity index (χ2v) is 5.85. The number of esters is 1. The van der Waals surface area contributed by atoms with Gasteiger partial charge in [-0.3, -0.25) is 14.8 Å². The third kappa shape index (κ3) is 3.85. The van der Waals surface area contributed by atoms with Gasteiger partial charge in [-0.25, -0.2) is 4.79 Å². The monoisotopic (exact) mass is 349 g/mol. The van der Waals surface area contributed by atoms with E-state index in [9.17, 15) is 9.59 Å². The number of benzene rings is 2. The number of carbonyl (C=O) groups is 2. The molecule has 1 N–H and O–H groups in total. The Labute approximate surface area is 151 Å². The van der Waals surface area contributed by atoms with Crippen molar-refractivity contribution in [1.29, 1.82) is 0 Å². The molecule has 6 nitrogen and oxygen atoms in total. The minimum absolute atomic E-state index is 0.330. The van der Waals surface area contributed by atoms with Crippen molar-refractivity contribution >= 4 is 28.6 Å². The first-order valence-electron chi connectivity index (χ1n) is 8.34. The summed E-state index contributed by atoms with van der Waals surface area (Å²) in [6.45, 7) is 3.60. The average molecular weight is 349 g/mol. The fourth-order valence-electron chi connectivity index (χ4n) is 2.68. The van der Waals surface area contributed by atoms with Gasteiger partial charge in [0.25, 0.3) is 5.91 Å². The molecule has 1 aromatic heterocycles. The number of anilines is 1. The van der Waals surface area contributed by atoms with Crippen LogP contribution in [-0.4, -0.2) is 28.5 Å². The summed E-state index contributed by atoms with van der Waals surface area (Å²) in [5.74, 6) is -0.948. The van der Waals surface area contributed by atoms with Crippen molar-refractivity contribution < 1.29 is 14.3 Å². The zero-order valence-corrected chi connectivity index (χ0v) is 14.7. The van der Waals surface area contributed by atoms with Crippen molar-refractivity contribution in [1.82, 2.24) is 9.97 Å². The van der Waals surface area contributed by atoms with E-state index in [4.69, 9.17) is 4.74 Å². The predicted octanol–water partition coefficient (Wildman–Crippen LogP) is 3.30. The second-order valence-electron chi connectivity index (χ2n) is 5.85. The molecule has 0 aliphatic heterocycles. The molecule has 0 radical (unpaired) electrons. The van der Waals surface area contributed by atoms with Crippen molar-refractivity contribution in [2.45, 2.75) is 20.3 Å². The smallest absolute Gasteiger partial charge is 0.338 e. The minimum Gasteiger partial charge on any atom is -0.452 e. The van der Waals surface area contributed by atoms with Crippen LogP contribution in [0, 0.1) is 6.92 Å². The maximum Gasteiger partial charge on any atom is 0.338 e. The molecule has 0 saturated heterocycles. The number of aromatic nitrogens is 2. The SMILES string of the molecule is CCc1cccc(C)c1NC(=O)COC(=O)c1ccc2nccnc2c1. The molecule has 6 heteroatoms. The summed E-state index contributed by atoms with van der Waals surface area (Å²) in [5.41, 5.74) is 4.40. The summed E-state index contributed by atoms with van der Waals surface area (Å²) in [7, 11) is 0. The number of carbonyl (C=O) groups excluding carboxylic acids is 2. The number of para-hydroxylation sites is 1. The number of rotatable bonds is 5. The van der Waals surface area contributed by atoms with Crippen LogP contribution >= 0.6 is 0 Å². The summed E-state index contributed by atoms with van der Waals surface area (Å²) in [6.07, 6.45) is 3.94. The third-order valence-electron chi connectivity index (χ3n) is 4.04. The Kier molecular flexibility index (Phi) is 5.22. The summed E-state index contributed by atoms with van der Waals surface area (Å²) >= 11 is 0. The standard InChI is InChI=1S/C20H19N3O3/c1-3-14-6-4-5-13(2)19(14)23-18(24)12-26-20(25)15-7-8-16-17(11-15)22-10-9-21-16/h4-11H,3,12H2,1-2H3,(H,23,24). The van der Waals surface area contributed by atoms with Gasteiger partial charge in [-0.15, -0.1) is 0 Å². The van der Waals surface area contributed by atoms with Crippen LogP contribution in [0.25, 0.3) is 11.0 Å². The Morgan fingerprint density at radius 2 is 1.85 bits per heavy atom. The molecular weight excluding hydrogens is 330 g/mol. The normalized spacial score (nSPS) is 10.5. The number of amides is 1. The molecule has 0 atom stereocenters. The zero-order valence-electron chi connectivity index (χ0n) is 14.7. The molecule has 3 aromatic rings. The van der Waals surface area contributed by atoms with Gasteiger partial charge >= 0.3 is 5.97 Å². The first kappa shape index (κ1) is 17.5. The summed E-state index contributed by atoms with van der Waals surface area (Å²) in [6, 6.07) is 10.7. The number of nitrogens with one attached hydrogen (secondary N) is 1. The molecule has 26 heavy (non-hydrogen) atoms. The van der Waals surface area contributed by atoms with Crippen LogP contribution < -0.4 is 5.32 Å². The van der Waals surface area contributed by atoms with Gasteiger partial charge in [-0.1, -0.05) is 25.1 Å². The van der Waals surface area contributed by atoms with Gasteiger partial charge in [-0.05, 0) is 42.7 Å². The fourth-order valence-corrected chi connectivity index (χ4v) is 2.68. The van der Waals surface area contributed by atoms with Gasteiger partial charge in [0, 0.05) is 18.1 Å². The maximum atomic E-state index is 12.2. The molecule has 0 unspecified atom stereocenters. The van der Waals surface area contributed by atoms with Crippen LogP contribution in [-0.2, 0) is 16.0 Å². The van der Waals surface area contributed by atoms with Crippen molar-refractivity contribution in [3.63, 3.8) is 0 Å². The summed E-state index contributed by atoms with van der Waals surface area (Å²) in [5, 5.41) is 2.83. The Balaban J connectivity index is 1.64. The highest BCUT2D eigenvalue weighted by Gasteiger charge is 2.13. The van der Waals surface area contributed by atoms with Crippen LogP contribution in [0.1, 0.15) is 28.4 Å². The third-order valence-corrected chi connectivity index (χ3v) is 4.04. The summed E-state index contributed by atoms with van der Waals surface area (Å²) < 4.78 is 5.13. The lowest BCUT2D eigenvalue weighted by atomic mass is 10.1. The van der Waals surface area contributed by atoms with Gasteiger partial charge < -0.3 is 10.1 Å². The first-order chi connectivity index (χ1) is 12.6. The molecule has 0 aliphatic rings. The van der Waals surface area contributed by atoms with Crippen LogP contribution in [0.2, 0.25) is 0 Å². The van der Waals surface area contributed by atoms with Crippen LogP contribution in [0.3, 0.4) is 0 Å². The zero-order chi connectivity index (χ0) is 18.5. The minimum atomic E-state index is -0.576. The van der Waals surface area contributed by atoms with E-state index in [1.54, 1.807) is 30.6 Å². The van der Waals surface area contributed by atoms with Gasteiger partial charge in [0.05, 0.1) is 16.6 Å². The van der Waals surface area contributed by atoms with E-state index in [1.165, 1.54) is 0 Å². The lowest BCUT2D eigenvalue weighted by Gasteiger charge is -2.13. The molecule has 0 spiro atoms. The van der Waals surface area contributed by atoms with E-state index in [0.717, 1.165) is 23.2 Å². The molecule has 2 aromatic carbocycles. The molecule has 132 valence electrons. The van der Waals surface area contributed by atoms with Gasteiger partial charge in [-0.2, -0.15) is 0 Å². The number of hydrogen-bond acceptors (Lipinski definition) is 5. The maximum absolute atomic E-state index is 12.2. The fraction of sp³-hybridized carbons (Fsp3) is 0.200. The van der Waals surface area contributed by atoms with Gasteiger partial charge in [0.1, 0.15) is 0 Å². The second kappa shape index (κ2) is 7.74. The number of fused-ring (bicyclic) bond motifs is 1. The van der Waals surface area contributed by atoms with Crippen LogP contribution in [0.15, 0.2) is 48.8 Å². The van der Waals surface area contributed by atoms with Crippen molar-refractivity contribution in [2.75, 3.05) is 11.9 Å². The van der Waals surface area contributed by atoms with E-state index in [0.29, 0.717) is 16.6 Å². The largest absolute Gasteiger partial charge is 0.452 e. The molecule has 0 bridgehead atoms. The molecule has 3 rings (SSSR count). The molecule has 1 heterocycles. The molecule has 0 saturated carbocycles. The highest BCUT2D eigenvalue weighted by molar-refractivity contribution is 5.97. The lowest BCUT2D eigenvalue weighted by Crippen LogP contribution is -2.22. The number of ether oxygens (including phenoxy) is 1. The van der Waals surface area contributed by atoms with E-state index in [1.807, 2.05) is 32.0 Å². The van der Waals surface area contributed by atoms with E-state index in [-0.39, 0.29) is 12.5 Å². The molecular formula is C20H19N3O3. The Hall–Kier alpha value is -3.28. The van der Waals surface area contributed by atoms with E-state index >= 15 is 0 Å². The Morgan fingerprint density at radius 3 is 2.62 bits per heavy atom. The first-order valence-corrected chi connectivity index (χ1v) is 8.34. The average Bonchev–Trinajstić information content (AvgIpc) is 2.67. The van der Waals surface area contributed by atoms with Crippen LogP contribution in [0.4, 0.5) is 5.69 Å². The quantitative estimate of drug-likeness (QED) is 0.715. The Morgan fingerprint density at radius 1 is 1.08 bits per heavy atom. The number of hydrogen-bond donors (Lipinski definition) is 1. The molecule has 1 amide bonds. The predicted molar refractivity (Wildman–Crippen MR) is 99.0 cm³/mol. The van der Waals surface area contributed by atoms with Gasteiger partial charge in [0.2, 0.25) is 0 Å². The molecule has 0 fully saturated rings.